The fourth-order valence-electron chi connectivity index (χ4n) is 2.66. The van der Waals surface area contributed by atoms with Crippen LogP contribution in [0.5, 0.6) is 5.88 Å². The first kappa shape index (κ1) is 16.2. The summed E-state index contributed by atoms with van der Waals surface area (Å²) < 4.78 is 20.3. The van der Waals surface area contributed by atoms with E-state index < -0.39 is 11.9 Å². The minimum absolute atomic E-state index is 0.0510. The molecule has 0 spiro atoms. The van der Waals surface area contributed by atoms with Crippen molar-refractivity contribution in [2.24, 2.45) is 0 Å². The Morgan fingerprint density at radius 2 is 2.26 bits per heavy atom. The fraction of sp³-hybridized carbons (Fsp3) is 0.357. The van der Waals surface area contributed by atoms with Gasteiger partial charge in [0.1, 0.15) is 11.6 Å². The van der Waals surface area contributed by atoms with Gasteiger partial charge in [-0.25, -0.2) is 14.2 Å². The van der Waals surface area contributed by atoms with E-state index in [-0.39, 0.29) is 33.3 Å². The van der Waals surface area contributed by atoms with Gasteiger partial charge in [0.05, 0.1) is 15.9 Å². The molecule has 2 atom stereocenters. The van der Waals surface area contributed by atoms with E-state index in [2.05, 4.69) is 25.9 Å². The third-order valence-electron chi connectivity index (χ3n) is 3.89. The van der Waals surface area contributed by atoms with E-state index in [0.717, 1.165) is 0 Å². The smallest absolute Gasteiger partial charge is 0.407 e. The number of hydrogen-bond donors (Lipinski definition) is 1. The monoisotopic (exact) mass is 403 g/mol. The lowest BCUT2D eigenvalue weighted by Crippen LogP contribution is -2.38. The lowest BCUT2D eigenvalue weighted by molar-refractivity contribution is 0.117. The molecule has 1 saturated heterocycles. The summed E-state index contributed by atoms with van der Waals surface area (Å²) in [5.41, 5.74) is 0.0510. The SMILES string of the molecule is C[C@@H]1[C@H](Oc2nc(Cl)nc3c(F)c(Br)ccc23)CCN1C(=O)O. The number of likely N-dealkylation sites (tertiary alicyclic amines) is 1. The van der Waals surface area contributed by atoms with Crippen molar-refractivity contribution in [2.45, 2.75) is 25.5 Å². The zero-order valence-electron chi connectivity index (χ0n) is 12.0. The molecule has 2 aromatic rings. The Balaban J connectivity index is 1.98. The van der Waals surface area contributed by atoms with E-state index in [1.807, 2.05) is 0 Å². The van der Waals surface area contributed by atoms with Gasteiger partial charge in [0.25, 0.3) is 0 Å². The summed E-state index contributed by atoms with van der Waals surface area (Å²) in [6, 6.07) is 2.82. The number of hydrogen-bond acceptors (Lipinski definition) is 4. The number of aromatic nitrogens is 2. The van der Waals surface area contributed by atoms with Crippen LogP contribution in [-0.2, 0) is 0 Å². The highest BCUT2D eigenvalue weighted by molar-refractivity contribution is 9.10. The molecule has 6 nitrogen and oxygen atoms in total. The predicted octanol–water partition coefficient (Wildman–Crippen LogP) is 3.70. The molecule has 0 unspecified atom stereocenters. The summed E-state index contributed by atoms with van der Waals surface area (Å²) in [5.74, 6) is -0.404. The highest BCUT2D eigenvalue weighted by Gasteiger charge is 2.36. The summed E-state index contributed by atoms with van der Waals surface area (Å²) in [6.45, 7) is 2.13. The number of benzene rings is 1. The molecule has 1 aromatic carbocycles. The summed E-state index contributed by atoms with van der Waals surface area (Å²) in [5, 5.41) is 9.37. The van der Waals surface area contributed by atoms with Crippen molar-refractivity contribution in [1.82, 2.24) is 14.9 Å². The van der Waals surface area contributed by atoms with Gasteiger partial charge >= 0.3 is 6.09 Å². The summed E-state index contributed by atoms with van der Waals surface area (Å²) >= 11 is 8.96. The third kappa shape index (κ3) is 2.92. The Labute approximate surface area is 144 Å². The zero-order valence-corrected chi connectivity index (χ0v) is 14.3. The van der Waals surface area contributed by atoms with Gasteiger partial charge in [-0.1, -0.05) is 0 Å². The van der Waals surface area contributed by atoms with E-state index in [9.17, 15) is 9.18 Å². The summed E-state index contributed by atoms with van der Waals surface area (Å²) in [6.07, 6.45) is -0.855. The molecule has 0 saturated carbocycles. The van der Waals surface area contributed by atoms with Crippen LogP contribution < -0.4 is 4.74 Å². The molecule has 23 heavy (non-hydrogen) atoms. The van der Waals surface area contributed by atoms with Crippen LogP contribution in [0.3, 0.4) is 0 Å². The van der Waals surface area contributed by atoms with Crippen molar-refractivity contribution in [3.8, 4) is 5.88 Å². The van der Waals surface area contributed by atoms with E-state index in [1.54, 1.807) is 13.0 Å². The molecule has 3 rings (SSSR count). The van der Waals surface area contributed by atoms with Gasteiger partial charge in [-0.05, 0) is 46.6 Å². The lowest BCUT2D eigenvalue weighted by atomic mass is 10.2. The van der Waals surface area contributed by atoms with E-state index in [1.165, 1.54) is 11.0 Å². The Morgan fingerprint density at radius 1 is 1.52 bits per heavy atom. The van der Waals surface area contributed by atoms with Gasteiger partial charge < -0.3 is 14.7 Å². The fourth-order valence-corrected chi connectivity index (χ4v) is 3.14. The number of halogens is 3. The van der Waals surface area contributed by atoms with E-state index >= 15 is 0 Å². The Kier molecular flexibility index (Phi) is 4.29. The molecule has 1 aliphatic heterocycles. The van der Waals surface area contributed by atoms with Crippen molar-refractivity contribution in [3.05, 3.63) is 27.7 Å². The topological polar surface area (TPSA) is 75.6 Å². The minimum atomic E-state index is -0.996. The van der Waals surface area contributed by atoms with Crippen LogP contribution >= 0.6 is 27.5 Å². The maximum atomic E-state index is 14.2. The van der Waals surface area contributed by atoms with Crippen LogP contribution in [0, 0.1) is 5.82 Å². The van der Waals surface area contributed by atoms with Crippen LogP contribution in [0.2, 0.25) is 5.28 Å². The van der Waals surface area contributed by atoms with Crippen molar-refractivity contribution in [3.63, 3.8) is 0 Å². The predicted molar refractivity (Wildman–Crippen MR) is 85.4 cm³/mol. The Morgan fingerprint density at radius 3 is 2.91 bits per heavy atom. The Hall–Kier alpha value is -1.67. The van der Waals surface area contributed by atoms with Gasteiger partial charge in [0, 0.05) is 13.0 Å². The molecule has 0 radical (unpaired) electrons. The Bertz CT molecular complexity index is 791. The summed E-state index contributed by atoms with van der Waals surface area (Å²) in [7, 11) is 0. The second-order valence-corrected chi connectivity index (χ2v) is 6.41. The molecule has 122 valence electrons. The number of carbonyl (C=O) groups is 1. The number of carboxylic acid groups (broad SMARTS) is 1. The van der Waals surface area contributed by atoms with Gasteiger partial charge in [-0.15, -0.1) is 0 Å². The van der Waals surface area contributed by atoms with Crippen molar-refractivity contribution < 1.29 is 19.0 Å². The second kappa shape index (κ2) is 6.09. The van der Waals surface area contributed by atoms with Crippen molar-refractivity contribution >= 4 is 44.5 Å². The van der Waals surface area contributed by atoms with Gasteiger partial charge in [0.2, 0.25) is 11.2 Å². The minimum Gasteiger partial charge on any atom is -0.472 e. The highest BCUT2D eigenvalue weighted by atomic mass is 79.9. The van der Waals surface area contributed by atoms with Crippen LogP contribution in [0.25, 0.3) is 10.9 Å². The van der Waals surface area contributed by atoms with Crippen molar-refractivity contribution in [1.29, 1.82) is 0 Å². The molecule has 1 N–H and O–H groups in total. The molecular formula is C14H12BrClFN3O3. The normalized spacial score (nSPS) is 21.0. The largest absolute Gasteiger partial charge is 0.472 e. The first-order valence-corrected chi connectivity index (χ1v) is 8.03. The lowest BCUT2D eigenvalue weighted by Gasteiger charge is -2.22. The molecule has 0 aliphatic carbocycles. The molecule has 9 heteroatoms. The first-order chi connectivity index (χ1) is 10.9. The van der Waals surface area contributed by atoms with Gasteiger partial charge in [-0.2, -0.15) is 4.98 Å². The molecule has 1 aliphatic rings. The number of amides is 1. The third-order valence-corrected chi connectivity index (χ3v) is 4.67. The average molecular weight is 405 g/mol. The zero-order chi connectivity index (χ0) is 16.7. The number of nitrogens with zero attached hydrogens (tertiary/aromatic N) is 3. The summed E-state index contributed by atoms with van der Waals surface area (Å²) in [4.78, 5) is 20.3. The average Bonchev–Trinajstić information content (AvgIpc) is 2.85. The maximum Gasteiger partial charge on any atom is 0.407 e. The van der Waals surface area contributed by atoms with E-state index in [4.69, 9.17) is 21.4 Å². The van der Waals surface area contributed by atoms with Gasteiger partial charge in [-0.3, -0.25) is 0 Å². The maximum absolute atomic E-state index is 14.2. The molecule has 0 bridgehead atoms. The highest BCUT2D eigenvalue weighted by Crippen LogP contribution is 2.32. The van der Waals surface area contributed by atoms with Gasteiger partial charge in [0.15, 0.2) is 5.82 Å². The molecular weight excluding hydrogens is 393 g/mol. The van der Waals surface area contributed by atoms with Crippen molar-refractivity contribution in [2.75, 3.05) is 6.54 Å². The van der Waals surface area contributed by atoms with Crippen LogP contribution in [0.1, 0.15) is 13.3 Å². The van der Waals surface area contributed by atoms with Crippen LogP contribution in [0.15, 0.2) is 16.6 Å². The quantitative estimate of drug-likeness (QED) is 0.772. The molecule has 1 fully saturated rings. The standard InChI is InChI=1S/C14H12BrClFN3O3/c1-6-9(4-5-20(6)14(21)22)23-12-7-2-3-8(15)10(17)11(7)18-13(16)19-12/h2-3,6,9H,4-5H2,1H3,(H,21,22)/t6-,9-/m1/s1. The molecule has 1 amide bonds. The van der Waals surface area contributed by atoms with Crippen LogP contribution in [-0.4, -0.2) is 44.8 Å². The number of rotatable bonds is 2. The van der Waals surface area contributed by atoms with Crippen LogP contribution in [0.4, 0.5) is 9.18 Å². The van der Waals surface area contributed by atoms with E-state index in [0.29, 0.717) is 18.4 Å². The number of fused-ring (bicyclic) bond motifs is 1. The molecule has 2 heterocycles. The number of ether oxygens (including phenoxy) is 1. The first-order valence-electron chi connectivity index (χ1n) is 6.86. The second-order valence-electron chi connectivity index (χ2n) is 5.22. The molecule has 1 aromatic heterocycles.